The van der Waals surface area contributed by atoms with Gasteiger partial charge in [-0.15, -0.1) is 0 Å². The average molecular weight is 209 g/mol. The second-order valence-electron chi connectivity index (χ2n) is 4.75. The first-order valence-corrected chi connectivity index (χ1v) is 5.71. The molecule has 0 spiro atoms. The van der Waals surface area contributed by atoms with E-state index in [1.807, 2.05) is 18.7 Å². The molecule has 1 N–H and O–H groups in total. The van der Waals surface area contributed by atoms with E-state index in [1.54, 1.807) is 0 Å². The van der Waals surface area contributed by atoms with Crippen molar-refractivity contribution >= 4 is 0 Å². The van der Waals surface area contributed by atoms with Gasteiger partial charge >= 0.3 is 0 Å². The molecule has 1 unspecified atom stereocenters. The highest BCUT2D eigenvalue weighted by atomic mass is 15.3. The van der Waals surface area contributed by atoms with Crippen molar-refractivity contribution in [1.29, 1.82) is 0 Å². The minimum absolute atomic E-state index is 0.722. The molecular weight excluding hydrogens is 186 g/mol. The number of hydrogen-bond donors (Lipinski definition) is 1. The van der Waals surface area contributed by atoms with Crippen molar-refractivity contribution in [3.63, 3.8) is 0 Å². The fourth-order valence-corrected chi connectivity index (χ4v) is 1.49. The highest BCUT2D eigenvalue weighted by Crippen LogP contribution is 2.08. The maximum absolute atomic E-state index is 4.32. The lowest BCUT2D eigenvalue weighted by Gasteiger charge is -2.15. The molecule has 1 aromatic rings. The summed E-state index contributed by atoms with van der Waals surface area (Å²) in [7, 11) is 2.00. The van der Waals surface area contributed by atoms with Gasteiger partial charge in [0.25, 0.3) is 0 Å². The van der Waals surface area contributed by atoms with E-state index in [1.165, 1.54) is 5.69 Å². The lowest BCUT2D eigenvalue weighted by Crippen LogP contribution is -2.24. The summed E-state index contributed by atoms with van der Waals surface area (Å²) in [5.74, 6) is 1.46. The molecule has 0 aliphatic rings. The third-order valence-corrected chi connectivity index (χ3v) is 3.01. The van der Waals surface area contributed by atoms with Gasteiger partial charge < -0.3 is 5.32 Å². The van der Waals surface area contributed by atoms with Gasteiger partial charge in [0.15, 0.2) is 0 Å². The predicted octanol–water partition coefficient (Wildman–Crippen LogP) is 2.11. The van der Waals surface area contributed by atoms with Crippen LogP contribution in [0.25, 0.3) is 0 Å². The van der Waals surface area contributed by atoms with Gasteiger partial charge in [0.05, 0.1) is 11.4 Å². The van der Waals surface area contributed by atoms with Crippen LogP contribution in [-0.2, 0) is 13.6 Å². The van der Waals surface area contributed by atoms with Gasteiger partial charge in [-0.1, -0.05) is 20.8 Å². The smallest absolute Gasteiger partial charge is 0.0597 e. The summed E-state index contributed by atoms with van der Waals surface area (Å²) in [6.45, 7) is 10.8. The Morgan fingerprint density at radius 3 is 2.53 bits per heavy atom. The van der Waals surface area contributed by atoms with E-state index in [0.29, 0.717) is 0 Å². The van der Waals surface area contributed by atoms with E-state index >= 15 is 0 Å². The monoisotopic (exact) mass is 209 g/mol. The Bertz CT molecular complexity index is 302. The van der Waals surface area contributed by atoms with Crippen LogP contribution in [0.15, 0.2) is 6.07 Å². The first-order valence-electron chi connectivity index (χ1n) is 5.71. The summed E-state index contributed by atoms with van der Waals surface area (Å²) < 4.78 is 1.95. The Labute approximate surface area is 92.9 Å². The minimum Gasteiger partial charge on any atom is -0.311 e. The quantitative estimate of drug-likeness (QED) is 0.805. The summed E-state index contributed by atoms with van der Waals surface area (Å²) >= 11 is 0. The molecule has 0 saturated heterocycles. The summed E-state index contributed by atoms with van der Waals surface area (Å²) in [5, 5.41) is 7.80. The Balaban J connectivity index is 2.35. The first-order chi connectivity index (χ1) is 7.00. The molecule has 0 radical (unpaired) electrons. The Kier molecular flexibility index (Phi) is 4.33. The number of hydrogen-bond acceptors (Lipinski definition) is 2. The third kappa shape index (κ3) is 3.67. The van der Waals surface area contributed by atoms with E-state index in [2.05, 4.69) is 37.3 Å². The molecule has 3 nitrogen and oxygen atoms in total. The number of nitrogens with zero attached hydrogens (tertiary/aromatic N) is 2. The largest absolute Gasteiger partial charge is 0.311 e. The van der Waals surface area contributed by atoms with Crippen molar-refractivity contribution in [1.82, 2.24) is 15.1 Å². The van der Waals surface area contributed by atoms with Crippen molar-refractivity contribution in [2.24, 2.45) is 18.9 Å². The van der Waals surface area contributed by atoms with E-state index < -0.39 is 0 Å². The van der Waals surface area contributed by atoms with Crippen LogP contribution in [0.5, 0.6) is 0 Å². The molecule has 0 aromatic carbocycles. The topological polar surface area (TPSA) is 29.9 Å². The molecule has 86 valence electrons. The number of aryl methyl sites for hydroxylation is 2. The van der Waals surface area contributed by atoms with Crippen molar-refractivity contribution in [2.45, 2.75) is 34.2 Å². The van der Waals surface area contributed by atoms with Crippen LogP contribution >= 0.6 is 0 Å². The van der Waals surface area contributed by atoms with Crippen LogP contribution in [0.4, 0.5) is 0 Å². The van der Waals surface area contributed by atoms with E-state index in [9.17, 15) is 0 Å². The normalized spacial score (nSPS) is 13.5. The molecule has 0 fully saturated rings. The van der Waals surface area contributed by atoms with Gasteiger partial charge in [-0.2, -0.15) is 5.10 Å². The number of rotatable bonds is 5. The molecule has 0 amide bonds. The predicted molar refractivity (Wildman–Crippen MR) is 63.7 cm³/mol. The molecule has 3 heteroatoms. The summed E-state index contributed by atoms with van der Waals surface area (Å²) in [6.07, 6.45) is 0. The summed E-state index contributed by atoms with van der Waals surface area (Å²) in [5.41, 5.74) is 2.34. The summed E-state index contributed by atoms with van der Waals surface area (Å²) in [6, 6.07) is 2.13. The van der Waals surface area contributed by atoms with Gasteiger partial charge in [0.2, 0.25) is 0 Å². The zero-order valence-corrected chi connectivity index (χ0v) is 10.5. The van der Waals surface area contributed by atoms with Crippen LogP contribution in [0.1, 0.15) is 32.2 Å². The Morgan fingerprint density at radius 2 is 2.07 bits per heavy atom. The average Bonchev–Trinajstić information content (AvgIpc) is 2.45. The van der Waals surface area contributed by atoms with Gasteiger partial charge in [0.1, 0.15) is 0 Å². The standard InChI is InChI=1S/C12H23N3/c1-9(2)10(3)7-13-8-12-6-11(4)14-15(12)5/h6,9-10,13H,7-8H2,1-5H3. The SMILES string of the molecule is Cc1cc(CNCC(C)C(C)C)n(C)n1. The Morgan fingerprint density at radius 1 is 1.40 bits per heavy atom. The zero-order chi connectivity index (χ0) is 11.4. The molecule has 0 bridgehead atoms. The molecule has 1 rings (SSSR count). The van der Waals surface area contributed by atoms with E-state index in [-0.39, 0.29) is 0 Å². The molecule has 0 aliphatic heterocycles. The van der Waals surface area contributed by atoms with Crippen molar-refractivity contribution < 1.29 is 0 Å². The lowest BCUT2D eigenvalue weighted by molar-refractivity contribution is 0.390. The van der Waals surface area contributed by atoms with Crippen LogP contribution in [0.2, 0.25) is 0 Å². The molecule has 0 saturated carbocycles. The van der Waals surface area contributed by atoms with E-state index in [0.717, 1.165) is 30.6 Å². The van der Waals surface area contributed by atoms with Gasteiger partial charge in [0, 0.05) is 13.6 Å². The lowest BCUT2D eigenvalue weighted by atomic mass is 9.98. The molecule has 1 atom stereocenters. The maximum atomic E-state index is 4.32. The van der Waals surface area contributed by atoms with Gasteiger partial charge in [-0.05, 0) is 31.4 Å². The van der Waals surface area contributed by atoms with Gasteiger partial charge in [-0.3, -0.25) is 4.68 Å². The molecule has 1 aromatic heterocycles. The van der Waals surface area contributed by atoms with Crippen LogP contribution in [0, 0.1) is 18.8 Å². The first kappa shape index (κ1) is 12.2. The molecule has 1 heterocycles. The molecule has 15 heavy (non-hydrogen) atoms. The molecular formula is C12H23N3. The Hall–Kier alpha value is -0.830. The highest BCUT2D eigenvalue weighted by Gasteiger charge is 2.07. The van der Waals surface area contributed by atoms with Crippen molar-refractivity contribution in [3.05, 3.63) is 17.5 Å². The van der Waals surface area contributed by atoms with Crippen LogP contribution in [0.3, 0.4) is 0 Å². The summed E-state index contributed by atoms with van der Waals surface area (Å²) in [4.78, 5) is 0. The zero-order valence-electron chi connectivity index (χ0n) is 10.5. The van der Waals surface area contributed by atoms with E-state index in [4.69, 9.17) is 0 Å². The van der Waals surface area contributed by atoms with Crippen molar-refractivity contribution in [2.75, 3.05) is 6.54 Å². The second kappa shape index (κ2) is 5.31. The number of nitrogens with one attached hydrogen (secondary N) is 1. The van der Waals surface area contributed by atoms with Crippen molar-refractivity contribution in [3.8, 4) is 0 Å². The highest BCUT2D eigenvalue weighted by molar-refractivity contribution is 5.08. The maximum Gasteiger partial charge on any atom is 0.0597 e. The van der Waals surface area contributed by atoms with Gasteiger partial charge in [-0.25, -0.2) is 0 Å². The fourth-order valence-electron chi connectivity index (χ4n) is 1.49. The minimum atomic E-state index is 0.722. The second-order valence-corrected chi connectivity index (χ2v) is 4.75. The fraction of sp³-hybridized carbons (Fsp3) is 0.750. The third-order valence-electron chi connectivity index (χ3n) is 3.01. The molecule has 0 aliphatic carbocycles. The van der Waals surface area contributed by atoms with Crippen LogP contribution < -0.4 is 5.32 Å². The number of aromatic nitrogens is 2. The van der Waals surface area contributed by atoms with Crippen LogP contribution in [-0.4, -0.2) is 16.3 Å².